The van der Waals surface area contributed by atoms with Gasteiger partial charge in [-0.25, -0.2) is 0 Å². The van der Waals surface area contributed by atoms with Crippen LogP contribution >= 0.6 is 0 Å². The molecule has 0 radical (unpaired) electrons. The molecular formula is C43H37BO2. The van der Waals surface area contributed by atoms with Gasteiger partial charge in [0.25, 0.3) is 0 Å². The second kappa shape index (κ2) is 10.7. The zero-order valence-electron chi connectivity index (χ0n) is 26.8. The summed E-state index contributed by atoms with van der Waals surface area (Å²) in [5, 5.41) is 0. The Morgan fingerprint density at radius 3 is 1.61 bits per heavy atom. The van der Waals surface area contributed by atoms with E-state index >= 15 is 0 Å². The van der Waals surface area contributed by atoms with Gasteiger partial charge in [0.05, 0.1) is 16.6 Å². The lowest BCUT2D eigenvalue weighted by molar-refractivity contribution is 0.00578. The number of rotatable bonds is 5. The Morgan fingerprint density at radius 1 is 0.435 bits per heavy atom. The van der Waals surface area contributed by atoms with Gasteiger partial charge in [-0.3, -0.25) is 0 Å². The van der Waals surface area contributed by atoms with Crippen molar-refractivity contribution in [3.8, 4) is 33.4 Å². The topological polar surface area (TPSA) is 18.5 Å². The molecule has 1 aliphatic heterocycles. The van der Waals surface area contributed by atoms with Gasteiger partial charge in [-0.1, -0.05) is 152 Å². The van der Waals surface area contributed by atoms with Gasteiger partial charge in [0.15, 0.2) is 0 Å². The van der Waals surface area contributed by atoms with Crippen LogP contribution in [-0.2, 0) is 14.7 Å². The maximum absolute atomic E-state index is 6.35. The molecule has 1 fully saturated rings. The first-order valence-corrected chi connectivity index (χ1v) is 16.2. The van der Waals surface area contributed by atoms with Crippen LogP contribution in [0.1, 0.15) is 49.9 Å². The molecule has 3 heteroatoms. The minimum Gasteiger partial charge on any atom is -0.399 e. The third kappa shape index (κ3) is 4.34. The molecular weight excluding hydrogens is 559 g/mol. The fraction of sp³-hybridized carbons (Fsp3) is 0.163. The van der Waals surface area contributed by atoms with Crippen molar-refractivity contribution in [3.05, 3.63) is 174 Å². The highest BCUT2D eigenvalue weighted by Crippen LogP contribution is 2.58. The summed E-state index contributed by atoms with van der Waals surface area (Å²) in [6, 6.07) is 55.3. The fourth-order valence-corrected chi connectivity index (χ4v) is 7.42. The molecule has 1 saturated heterocycles. The lowest BCUT2D eigenvalue weighted by Gasteiger charge is -2.34. The van der Waals surface area contributed by atoms with Crippen molar-refractivity contribution in [1.82, 2.24) is 0 Å². The van der Waals surface area contributed by atoms with Crippen LogP contribution in [0.4, 0.5) is 0 Å². The Bertz CT molecular complexity index is 1990. The van der Waals surface area contributed by atoms with Crippen molar-refractivity contribution in [2.45, 2.75) is 44.3 Å². The monoisotopic (exact) mass is 596 g/mol. The second-order valence-electron chi connectivity index (χ2n) is 13.5. The SMILES string of the molecule is CC1(C)OB(c2cccc(-c3ccc(-c4cccc5c4-c4ccccc4C5(c4ccccc4)c4ccccc4)cc3)c2)OC1(C)C. The number of hydrogen-bond donors (Lipinski definition) is 0. The van der Waals surface area contributed by atoms with Crippen LogP contribution < -0.4 is 5.46 Å². The van der Waals surface area contributed by atoms with E-state index in [9.17, 15) is 0 Å². The van der Waals surface area contributed by atoms with Crippen molar-refractivity contribution >= 4 is 12.6 Å². The highest BCUT2D eigenvalue weighted by Gasteiger charge is 2.52. The average molecular weight is 597 g/mol. The summed E-state index contributed by atoms with van der Waals surface area (Å²) >= 11 is 0. The van der Waals surface area contributed by atoms with Gasteiger partial charge in [0, 0.05) is 0 Å². The highest BCUT2D eigenvalue weighted by atomic mass is 16.7. The van der Waals surface area contributed by atoms with Crippen molar-refractivity contribution in [2.24, 2.45) is 0 Å². The lowest BCUT2D eigenvalue weighted by Crippen LogP contribution is -2.41. The number of hydrogen-bond acceptors (Lipinski definition) is 2. The molecule has 2 aliphatic rings. The van der Waals surface area contributed by atoms with Crippen LogP contribution in [0.5, 0.6) is 0 Å². The molecule has 0 aromatic heterocycles. The molecule has 6 aromatic carbocycles. The standard InChI is InChI=1S/C43H37BO2/c1-41(2)42(3,4)46-44(45-41)35-20-13-15-32(29-35)30-25-27-31(28-26-30)36-22-14-24-39-40(36)37-21-11-12-23-38(37)43(39,33-16-7-5-8-17-33)34-18-9-6-10-19-34/h5-29H,1-4H3. The predicted octanol–water partition coefficient (Wildman–Crippen LogP) is 9.68. The lowest BCUT2D eigenvalue weighted by atomic mass is 9.67. The maximum Gasteiger partial charge on any atom is 0.494 e. The summed E-state index contributed by atoms with van der Waals surface area (Å²) in [5.41, 5.74) is 12.5. The van der Waals surface area contributed by atoms with Crippen LogP contribution in [0.3, 0.4) is 0 Å². The van der Waals surface area contributed by atoms with Crippen molar-refractivity contribution in [3.63, 3.8) is 0 Å². The van der Waals surface area contributed by atoms with Crippen LogP contribution in [0.2, 0.25) is 0 Å². The van der Waals surface area contributed by atoms with Gasteiger partial charge >= 0.3 is 7.12 Å². The molecule has 224 valence electrons. The predicted molar refractivity (Wildman–Crippen MR) is 190 cm³/mol. The van der Waals surface area contributed by atoms with Crippen molar-refractivity contribution in [1.29, 1.82) is 0 Å². The first-order chi connectivity index (χ1) is 22.3. The van der Waals surface area contributed by atoms with E-state index in [1.807, 2.05) is 0 Å². The molecule has 2 nitrogen and oxygen atoms in total. The van der Waals surface area contributed by atoms with Gasteiger partial charge in [-0.05, 0) is 88.8 Å². The van der Waals surface area contributed by atoms with Gasteiger partial charge in [0.2, 0.25) is 0 Å². The largest absolute Gasteiger partial charge is 0.494 e. The maximum atomic E-state index is 6.35. The molecule has 0 spiro atoms. The molecule has 6 aromatic rings. The summed E-state index contributed by atoms with van der Waals surface area (Å²) < 4.78 is 12.7. The molecule has 46 heavy (non-hydrogen) atoms. The quantitative estimate of drug-likeness (QED) is 0.184. The van der Waals surface area contributed by atoms with E-state index in [1.54, 1.807) is 0 Å². The normalized spacial score (nSPS) is 17.0. The first-order valence-electron chi connectivity index (χ1n) is 16.2. The number of fused-ring (bicyclic) bond motifs is 3. The third-order valence-electron chi connectivity index (χ3n) is 10.4. The van der Waals surface area contributed by atoms with Crippen LogP contribution in [0.25, 0.3) is 33.4 Å². The van der Waals surface area contributed by atoms with Gasteiger partial charge in [-0.15, -0.1) is 0 Å². The van der Waals surface area contributed by atoms with Crippen molar-refractivity contribution in [2.75, 3.05) is 0 Å². The Labute approximate surface area is 272 Å². The van der Waals surface area contributed by atoms with Crippen LogP contribution in [0, 0.1) is 0 Å². The zero-order chi connectivity index (χ0) is 31.5. The molecule has 0 saturated carbocycles. The molecule has 1 aliphatic carbocycles. The summed E-state index contributed by atoms with van der Waals surface area (Å²) in [7, 11) is -0.384. The molecule has 0 amide bonds. The molecule has 8 rings (SSSR count). The Kier molecular flexibility index (Phi) is 6.69. The average Bonchev–Trinajstić information content (AvgIpc) is 3.52. The van der Waals surface area contributed by atoms with Gasteiger partial charge in [-0.2, -0.15) is 0 Å². The summed E-state index contributed by atoms with van der Waals surface area (Å²) in [6.07, 6.45) is 0. The Hall–Kier alpha value is -4.70. The second-order valence-corrected chi connectivity index (χ2v) is 13.5. The summed E-state index contributed by atoms with van der Waals surface area (Å²) in [5.74, 6) is 0. The minimum atomic E-state index is -0.404. The van der Waals surface area contributed by atoms with E-state index in [1.165, 1.54) is 44.5 Å². The van der Waals surface area contributed by atoms with E-state index in [4.69, 9.17) is 9.31 Å². The van der Waals surface area contributed by atoms with E-state index in [2.05, 4.69) is 179 Å². The third-order valence-corrected chi connectivity index (χ3v) is 10.4. The van der Waals surface area contributed by atoms with E-state index in [0.29, 0.717) is 0 Å². The molecule has 0 unspecified atom stereocenters. The molecule has 0 atom stereocenters. The minimum absolute atomic E-state index is 0.373. The van der Waals surface area contributed by atoms with E-state index < -0.39 is 5.41 Å². The molecule has 1 heterocycles. The fourth-order valence-electron chi connectivity index (χ4n) is 7.42. The first kappa shape index (κ1) is 28.8. The summed E-state index contributed by atoms with van der Waals surface area (Å²) in [4.78, 5) is 0. The zero-order valence-corrected chi connectivity index (χ0v) is 26.8. The van der Waals surface area contributed by atoms with Gasteiger partial charge < -0.3 is 9.31 Å². The smallest absolute Gasteiger partial charge is 0.399 e. The Morgan fingerprint density at radius 2 is 0.957 bits per heavy atom. The number of benzene rings is 6. The van der Waals surface area contributed by atoms with E-state index in [-0.39, 0.29) is 18.3 Å². The van der Waals surface area contributed by atoms with Crippen LogP contribution in [-0.4, -0.2) is 18.3 Å². The van der Waals surface area contributed by atoms with Gasteiger partial charge in [0.1, 0.15) is 0 Å². The highest BCUT2D eigenvalue weighted by molar-refractivity contribution is 6.62. The molecule has 0 bridgehead atoms. The van der Waals surface area contributed by atoms with E-state index in [0.717, 1.165) is 16.6 Å². The molecule has 0 N–H and O–H groups in total. The van der Waals surface area contributed by atoms with Crippen molar-refractivity contribution < 1.29 is 9.31 Å². The van der Waals surface area contributed by atoms with Crippen LogP contribution in [0.15, 0.2) is 152 Å². The Balaban J connectivity index is 1.23. The summed E-state index contributed by atoms with van der Waals surface area (Å²) in [6.45, 7) is 8.38.